The third kappa shape index (κ3) is 5.71. The molecule has 0 aliphatic heterocycles. The Kier molecular flexibility index (Phi) is 6.99. The Hall–Kier alpha value is -2.32. The zero-order valence-electron chi connectivity index (χ0n) is 15.0. The number of halogens is 1. The van der Waals surface area contributed by atoms with Crippen molar-refractivity contribution in [1.82, 2.24) is 9.97 Å². The van der Waals surface area contributed by atoms with Gasteiger partial charge in [0.25, 0.3) is 0 Å². The van der Waals surface area contributed by atoms with Gasteiger partial charge in [0.05, 0.1) is 10.6 Å². The number of nitrogens with one attached hydrogen (secondary N) is 2. The summed E-state index contributed by atoms with van der Waals surface area (Å²) in [4.78, 5) is 8.76. The van der Waals surface area contributed by atoms with E-state index in [1.807, 2.05) is 47.6 Å². The number of hydrogen-bond acceptors (Lipinski definition) is 5. The third-order valence-corrected chi connectivity index (χ3v) is 3.12. The van der Waals surface area contributed by atoms with Gasteiger partial charge in [0.2, 0.25) is 5.95 Å². The van der Waals surface area contributed by atoms with Crippen molar-refractivity contribution in [3.05, 3.63) is 40.5 Å². The van der Waals surface area contributed by atoms with Crippen LogP contribution in [-0.4, -0.2) is 15.5 Å². The van der Waals surface area contributed by atoms with Crippen LogP contribution in [-0.2, 0) is 0 Å². The molecule has 0 saturated carbocycles. The van der Waals surface area contributed by atoms with Gasteiger partial charge < -0.3 is 10.6 Å². The van der Waals surface area contributed by atoms with E-state index in [0.29, 0.717) is 22.4 Å². The molecule has 2 N–H and O–H groups in total. The van der Waals surface area contributed by atoms with E-state index in [9.17, 15) is 0 Å². The van der Waals surface area contributed by atoms with Gasteiger partial charge in [-0.05, 0) is 45.9 Å². The Morgan fingerprint density at radius 2 is 1.88 bits per heavy atom. The second-order valence-electron chi connectivity index (χ2n) is 6.03. The molecule has 0 aliphatic rings. The molecule has 1 heterocycles. The van der Waals surface area contributed by atoms with Gasteiger partial charge in [-0.25, -0.2) is 4.98 Å². The molecule has 0 unspecified atom stereocenters. The summed E-state index contributed by atoms with van der Waals surface area (Å²) in [5.41, 5.74) is 2.01. The first-order chi connectivity index (χ1) is 11.3. The highest BCUT2D eigenvalue weighted by molar-refractivity contribution is 6.32. The molecule has 2 aromatic rings. The van der Waals surface area contributed by atoms with Crippen LogP contribution >= 0.6 is 11.6 Å². The zero-order valence-corrected chi connectivity index (χ0v) is 15.8. The molecule has 0 bridgehead atoms. The van der Waals surface area contributed by atoms with Crippen molar-refractivity contribution in [1.29, 1.82) is 5.26 Å². The summed E-state index contributed by atoms with van der Waals surface area (Å²) in [6.07, 6.45) is 1.76. The molecule has 0 aliphatic carbocycles. The van der Waals surface area contributed by atoms with Crippen molar-refractivity contribution in [3.8, 4) is 6.07 Å². The van der Waals surface area contributed by atoms with E-state index in [1.54, 1.807) is 24.4 Å². The molecule has 0 fully saturated rings. The second kappa shape index (κ2) is 8.51. The topological polar surface area (TPSA) is 73.6 Å². The average Bonchev–Trinajstić information content (AvgIpc) is 2.51. The molecular formula is C18H24ClN5. The molecule has 5 nitrogen and oxygen atoms in total. The van der Waals surface area contributed by atoms with Crippen molar-refractivity contribution in [2.45, 2.75) is 47.1 Å². The van der Waals surface area contributed by atoms with Gasteiger partial charge in [-0.1, -0.05) is 25.4 Å². The highest BCUT2D eigenvalue weighted by Gasteiger charge is 2.12. The monoisotopic (exact) mass is 345 g/mol. The van der Waals surface area contributed by atoms with E-state index < -0.39 is 0 Å². The number of aryl methyl sites for hydroxylation is 1. The van der Waals surface area contributed by atoms with Crippen LogP contribution < -0.4 is 10.6 Å². The quantitative estimate of drug-likeness (QED) is 0.790. The van der Waals surface area contributed by atoms with Crippen LogP contribution in [0.5, 0.6) is 0 Å². The molecule has 24 heavy (non-hydrogen) atoms. The van der Waals surface area contributed by atoms with E-state index in [0.717, 1.165) is 11.3 Å². The molecule has 0 spiro atoms. The van der Waals surface area contributed by atoms with Crippen molar-refractivity contribution in [2.24, 2.45) is 0 Å². The van der Waals surface area contributed by atoms with Crippen LogP contribution in [0.2, 0.25) is 5.02 Å². The molecule has 1 aromatic carbocycles. The molecular weight excluding hydrogens is 322 g/mol. The lowest BCUT2D eigenvalue weighted by molar-refractivity contribution is 0.626. The van der Waals surface area contributed by atoms with E-state index in [4.69, 9.17) is 16.9 Å². The molecule has 0 atom stereocenters. The minimum absolute atomic E-state index is 0.121. The minimum Gasteiger partial charge on any atom is -0.350 e. The molecule has 2 rings (SSSR count). The molecule has 0 radical (unpaired) electrons. The average molecular weight is 346 g/mol. The predicted octanol–water partition coefficient (Wildman–Crippen LogP) is 5.29. The first-order valence-electron chi connectivity index (χ1n) is 7.87. The number of nitriles is 1. The molecule has 6 heteroatoms. The largest absolute Gasteiger partial charge is 0.350 e. The van der Waals surface area contributed by atoms with Gasteiger partial charge in [0.1, 0.15) is 11.9 Å². The maximum atomic E-state index is 8.90. The fourth-order valence-electron chi connectivity index (χ4n) is 1.78. The fourth-order valence-corrected chi connectivity index (χ4v) is 2.01. The normalized spacial score (nSPS) is 10.2. The molecule has 128 valence electrons. The van der Waals surface area contributed by atoms with Gasteiger partial charge in [-0.15, -0.1) is 0 Å². The first-order valence-corrected chi connectivity index (χ1v) is 8.25. The maximum absolute atomic E-state index is 8.90. The van der Waals surface area contributed by atoms with Crippen LogP contribution in [0.25, 0.3) is 0 Å². The summed E-state index contributed by atoms with van der Waals surface area (Å²) in [6, 6.07) is 7.21. The fraction of sp³-hybridized carbons (Fsp3) is 0.389. The molecule has 0 saturated heterocycles. The molecule has 1 aromatic heterocycles. The maximum Gasteiger partial charge on any atom is 0.225 e. The van der Waals surface area contributed by atoms with Crippen LogP contribution in [0.1, 0.15) is 45.7 Å². The predicted molar refractivity (Wildman–Crippen MR) is 101 cm³/mol. The Morgan fingerprint density at radius 3 is 2.42 bits per heavy atom. The van der Waals surface area contributed by atoms with Crippen molar-refractivity contribution in [3.63, 3.8) is 0 Å². The van der Waals surface area contributed by atoms with E-state index in [1.165, 1.54) is 0 Å². The van der Waals surface area contributed by atoms with Gasteiger partial charge >= 0.3 is 0 Å². The lowest BCUT2D eigenvalue weighted by Crippen LogP contribution is -2.27. The van der Waals surface area contributed by atoms with Crippen LogP contribution in [0.3, 0.4) is 0 Å². The Morgan fingerprint density at radius 1 is 1.21 bits per heavy atom. The number of rotatable bonds is 3. The smallest absolute Gasteiger partial charge is 0.225 e. The summed E-state index contributed by atoms with van der Waals surface area (Å²) in [6.45, 7) is 12.1. The van der Waals surface area contributed by atoms with E-state index in [-0.39, 0.29) is 5.54 Å². The third-order valence-electron chi connectivity index (χ3n) is 2.81. The highest BCUT2D eigenvalue weighted by atomic mass is 35.5. The van der Waals surface area contributed by atoms with Gasteiger partial charge in [0, 0.05) is 23.0 Å². The Bertz CT molecular complexity index is 729. The Labute approximate surface area is 149 Å². The number of nitrogens with zero attached hydrogens (tertiary/aromatic N) is 3. The number of hydrogen-bond donors (Lipinski definition) is 2. The number of anilines is 3. The van der Waals surface area contributed by atoms with E-state index in [2.05, 4.69) is 20.6 Å². The summed E-state index contributed by atoms with van der Waals surface area (Å²) >= 11 is 6.05. The van der Waals surface area contributed by atoms with Crippen molar-refractivity contribution >= 4 is 29.1 Å². The lowest BCUT2D eigenvalue weighted by Gasteiger charge is -2.21. The number of benzene rings is 1. The lowest BCUT2D eigenvalue weighted by atomic mass is 10.1. The summed E-state index contributed by atoms with van der Waals surface area (Å²) in [5, 5.41) is 15.8. The summed E-state index contributed by atoms with van der Waals surface area (Å²) in [7, 11) is 0. The SMILES string of the molecule is CC.Cc1cnc(NC(C)(C)C)nc1Nc1ccc(C#N)c(Cl)c1. The van der Waals surface area contributed by atoms with Crippen LogP contribution in [0.4, 0.5) is 17.5 Å². The minimum atomic E-state index is -0.121. The van der Waals surface area contributed by atoms with Gasteiger partial charge in [0.15, 0.2) is 0 Å². The van der Waals surface area contributed by atoms with Crippen LogP contribution in [0.15, 0.2) is 24.4 Å². The van der Waals surface area contributed by atoms with E-state index >= 15 is 0 Å². The highest BCUT2D eigenvalue weighted by Crippen LogP contribution is 2.24. The van der Waals surface area contributed by atoms with Gasteiger partial charge in [-0.2, -0.15) is 10.2 Å². The van der Waals surface area contributed by atoms with Crippen molar-refractivity contribution < 1.29 is 0 Å². The first kappa shape index (κ1) is 19.7. The molecule has 0 amide bonds. The number of aromatic nitrogens is 2. The second-order valence-corrected chi connectivity index (χ2v) is 6.44. The van der Waals surface area contributed by atoms with Gasteiger partial charge in [-0.3, -0.25) is 0 Å². The van der Waals surface area contributed by atoms with Crippen LogP contribution in [0, 0.1) is 18.3 Å². The Balaban J connectivity index is 0.00000139. The summed E-state index contributed by atoms with van der Waals surface area (Å²) in [5.74, 6) is 1.25. The standard InChI is InChI=1S/C16H18ClN5.C2H6/c1-10-9-19-15(22-16(2,3)4)21-14(10)20-12-6-5-11(8-18)13(17)7-12;1-2/h5-7,9H,1-4H3,(H2,19,20,21,22);1-2H3. The van der Waals surface area contributed by atoms with Crippen molar-refractivity contribution in [2.75, 3.05) is 10.6 Å². The zero-order chi connectivity index (χ0) is 18.3. The summed E-state index contributed by atoms with van der Waals surface area (Å²) < 4.78 is 0.